The van der Waals surface area contributed by atoms with E-state index in [0.717, 1.165) is 12.1 Å². The van der Waals surface area contributed by atoms with Gasteiger partial charge in [-0.2, -0.15) is 0 Å². The topological polar surface area (TPSA) is 23.5 Å². The van der Waals surface area contributed by atoms with Crippen LogP contribution in [-0.2, 0) is 6.42 Å². The van der Waals surface area contributed by atoms with E-state index < -0.39 is 6.10 Å². The van der Waals surface area contributed by atoms with E-state index >= 15 is 0 Å². The largest absolute Gasteiger partial charge is 0.393 e. The maximum Gasteiger partial charge on any atom is 0.124 e. The zero-order chi connectivity index (χ0) is 12.1. The fourth-order valence-electron chi connectivity index (χ4n) is 1.45. The van der Waals surface area contributed by atoms with Crippen molar-refractivity contribution in [3.8, 4) is 0 Å². The van der Waals surface area contributed by atoms with E-state index in [1.54, 1.807) is 6.07 Å². The number of halogens is 2. The molecule has 0 bridgehead atoms. The molecule has 0 aliphatic rings. The summed E-state index contributed by atoms with van der Waals surface area (Å²) in [5.41, 5.74) is 0.786. The first-order valence-corrected chi connectivity index (χ1v) is 5.63. The smallest absolute Gasteiger partial charge is 0.124 e. The average Bonchev–Trinajstić information content (AvgIpc) is 2.19. The number of aliphatic hydroxyl groups is 1. The molecular formula is C12H17ClFNO. The van der Waals surface area contributed by atoms with Crippen LogP contribution in [-0.4, -0.2) is 36.8 Å². The summed E-state index contributed by atoms with van der Waals surface area (Å²) in [7, 11) is 3.91. The second-order valence-electron chi connectivity index (χ2n) is 4.19. The van der Waals surface area contributed by atoms with Crippen LogP contribution in [0.2, 0.25) is 5.02 Å². The van der Waals surface area contributed by atoms with Crippen molar-refractivity contribution < 1.29 is 9.50 Å². The first kappa shape index (κ1) is 13.4. The van der Waals surface area contributed by atoms with Gasteiger partial charge in [-0.3, -0.25) is 0 Å². The molecule has 1 atom stereocenters. The minimum Gasteiger partial charge on any atom is -0.393 e. The Bertz CT molecular complexity index is 344. The first-order chi connectivity index (χ1) is 7.49. The summed E-state index contributed by atoms with van der Waals surface area (Å²) in [4.78, 5) is 2.01. The summed E-state index contributed by atoms with van der Waals surface area (Å²) in [6.07, 6.45) is 0.707. The van der Waals surface area contributed by atoms with Crippen molar-refractivity contribution in [1.29, 1.82) is 0 Å². The lowest BCUT2D eigenvalue weighted by molar-refractivity contribution is 0.152. The molecular weight excluding hydrogens is 229 g/mol. The summed E-state index contributed by atoms with van der Waals surface area (Å²) >= 11 is 5.87. The highest BCUT2D eigenvalue weighted by molar-refractivity contribution is 6.31. The van der Waals surface area contributed by atoms with Gasteiger partial charge in [-0.1, -0.05) is 17.7 Å². The zero-order valence-electron chi connectivity index (χ0n) is 9.58. The molecule has 1 aromatic rings. The maximum atomic E-state index is 12.8. The molecule has 0 aromatic heterocycles. The Hall–Kier alpha value is -0.640. The average molecular weight is 246 g/mol. The fraction of sp³-hybridized carbons (Fsp3) is 0.500. The van der Waals surface area contributed by atoms with Crippen LogP contribution in [0.1, 0.15) is 12.0 Å². The highest BCUT2D eigenvalue weighted by Crippen LogP contribution is 2.19. The number of hydrogen-bond donors (Lipinski definition) is 1. The van der Waals surface area contributed by atoms with Crippen molar-refractivity contribution in [2.45, 2.75) is 18.9 Å². The van der Waals surface area contributed by atoms with Crippen molar-refractivity contribution in [3.63, 3.8) is 0 Å². The summed E-state index contributed by atoms with van der Waals surface area (Å²) < 4.78 is 12.8. The van der Waals surface area contributed by atoms with E-state index in [0.29, 0.717) is 17.9 Å². The second-order valence-corrected chi connectivity index (χ2v) is 4.59. The van der Waals surface area contributed by atoms with Crippen molar-refractivity contribution in [3.05, 3.63) is 34.6 Å². The number of nitrogens with zero attached hydrogens (tertiary/aromatic N) is 1. The van der Waals surface area contributed by atoms with Gasteiger partial charge in [0, 0.05) is 5.02 Å². The normalized spacial score (nSPS) is 13.1. The minimum absolute atomic E-state index is 0.350. The number of benzene rings is 1. The molecule has 0 amide bonds. The molecule has 2 nitrogen and oxygen atoms in total. The van der Waals surface area contributed by atoms with Gasteiger partial charge in [-0.05, 0) is 51.2 Å². The third kappa shape index (κ3) is 4.47. The maximum absolute atomic E-state index is 12.8. The summed E-state index contributed by atoms with van der Waals surface area (Å²) in [6.45, 7) is 0.819. The molecule has 16 heavy (non-hydrogen) atoms. The molecule has 0 fully saturated rings. The van der Waals surface area contributed by atoms with Crippen LogP contribution in [0, 0.1) is 5.82 Å². The quantitative estimate of drug-likeness (QED) is 0.861. The van der Waals surface area contributed by atoms with Gasteiger partial charge in [0.25, 0.3) is 0 Å². The Labute approximate surface area is 101 Å². The fourth-order valence-corrected chi connectivity index (χ4v) is 1.69. The van der Waals surface area contributed by atoms with Crippen LogP contribution in [0.5, 0.6) is 0 Å². The van der Waals surface area contributed by atoms with Gasteiger partial charge in [0.1, 0.15) is 5.82 Å². The molecule has 1 aromatic carbocycles. The summed E-state index contributed by atoms with van der Waals surface area (Å²) in [6, 6.07) is 4.26. The highest BCUT2D eigenvalue weighted by atomic mass is 35.5. The monoisotopic (exact) mass is 245 g/mol. The third-order valence-corrected chi connectivity index (χ3v) is 2.73. The molecule has 0 aliphatic heterocycles. The van der Waals surface area contributed by atoms with Gasteiger partial charge in [-0.25, -0.2) is 4.39 Å². The van der Waals surface area contributed by atoms with Crippen molar-refractivity contribution in [1.82, 2.24) is 4.90 Å². The molecule has 0 saturated carbocycles. The summed E-state index contributed by atoms with van der Waals surface area (Å²) in [5.74, 6) is -0.350. The minimum atomic E-state index is -0.439. The standard InChI is InChI=1S/C12H17ClFNO/c1-15(2)6-5-11(16)7-9-3-4-10(14)8-12(9)13/h3-4,8,11,16H,5-7H2,1-2H3. The summed E-state index contributed by atoms with van der Waals surface area (Å²) in [5, 5.41) is 10.1. The lowest BCUT2D eigenvalue weighted by atomic mass is 10.1. The van der Waals surface area contributed by atoms with E-state index in [-0.39, 0.29) is 5.82 Å². The van der Waals surface area contributed by atoms with Gasteiger partial charge in [0.2, 0.25) is 0 Å². The van der Waals surface area contributed by atoms with E-state index in [1.807, 2.05) is 19.0 Å². The van der Waals surface area contributed by atoms with E-state index in [1.165, 1.54) is 12.1 Å². The molecule has 1 N–H and O–H groups in total. The lowest BCUT2D eigenvalue weighted by Crippen LogP contribution is -2.20. The molecule has 0 spiro atoms. The van der Waals surface area contributed by atoms with Gasteiger partial charge in [0.15, 0.2) is 0 Å². The van der Waals surface area contributed by atoms with Crippen LogP contribution >= 0.6 is 11.6 Å². The van der Waals surface area contributed by atoms with Gasteiger partial charge < -0.3 is 10.0 Å². The molecule has 0 aliphatic carbocycles. The van der Waals surface area contributed by atoms with Gasteiger partial charge in [-0.15, -0.1) is 0 Å². The van der Waals surface area contributed by atoms with E-state index in [4.69, 9.17) is 11.6 Å². The molecule has 1 rings (SSSR count). The predicted molar refractivity (Wildman–Crippen MR) is 64.3 cm³/mol. The van der Waals surface area contributed by atoms with Crippen LogP contribution in [0.3, 0.4) is 0 Å². The number of hydrogen-bond acceptors (Lipinski definition) is 2. The van der Waals surface area contributed by atoms with Crippen LogP contribution < -0.4 is 0 Å². The van der Waals surface area contributed by atoms with Gasteiger partial charge in [0.05, 0.1) is 6.10 Å². The molecule has 90 valence electrons. The molecule has 0 saturated heterocycles. The van der Waals surface area contributed by atoms with E-state index in [2.05, 4.69) is 0 Å². The van der Waals surface area contributed by atoms with Crippen molar-refractivity contribution >= 4 is 11.6 Å². The Morgan fingerprint density at radius 3 is 2.69 bits per heavy atom. The van der Waals surface area contributed by atoms with Gasteiger partial charge >= 0.3 is 0 Å². The Morgan fingerprint density at radius 1 is 1.44 bits per heavy atom. The second kappa shape index (κ2) is 6.18. The number of rotatable bonds is 5. The van der Waals surface area contributed by atoms with Crippen LogP contribution in [0.25, 0.3) is 0 Å². The Balaban J connectivity index is 2.52. The number of aliphatic hydroxyl groups excluding tert-OH is 1. The predicted octanol–water partition coefficient (Wildman–Crippen LogP) is 2.33. The molecule has 4 heteroatoms. The Morgan fingerprint density at radius 2 is 2.12 bits per heavy atom. The zero-order valence-corrected chi connectivity index (χ0v) is 10.3. The molecule has 0 radical (unpaired) electrons. The molecule has 0 heterocycles. The van der Waals surface area contributed by atoms with E-state index in [9.17, 15) is 9.50 Å². The first-order valence-electron chi connectivity index (χ1n) is 5.25. The molecule has 1 unspecified atom stereocenters. The SMILES string of the molecule is CN(C)CCC(O)Cc1ccc(F)cc1Cl. The highest BCUT2D eigenvalue weighted by Gasteiger charge is 2.09. The van der Waals surface area contributed by atoms with Crippen LogP contribution in [0.15, 0.2) is 18.2 Å². The van der Waals surface area contributed by atoms with Crippen molar-refractivity contribution in [2.24, 2.45) is 0 Å². The van der Waals surface area contributed by atoms with Crippen LogP contribution in [0.4, 0.5) is 4.39 Å². The third-order valence-electron chi connectivity index (χ3n) is 2.38. The van der Waals surface area contributed by atoms with Crippen molar-refractivity contribution in [2.75, 3.05) is 20.6 Å². The Kier molecular flexibility index (Phi) is 5.19. The lowest BCUT2D eigenvalue weighted by Gasteiger charge is -2.15.